The molecule has 1 heterocycles. The van der Waals surface area contributed by atoms with Crippen molar-refractivity contribution in [3.05, 3.63) is 45.7 Å². The molecule has 0 saturated carbocycles. The van der Waals surface area contributed by atoms with Gasteiger partial charge >= 0.3 is 0 Å². The Morgan fingerprint density at radius 3 is 3.00 bits per heavy atom. The second-order valence-corrected chi connectivity index (χ2v) is 5.90. The third-order valence-electron chi connectivity index (χ3n) is 4.04. The van der Waals surface area contributed by atoms with Gasteiger partial charge < -0.3 is 9.84 Å². The summed E-state index contributed by atoms with van der Waals surface area (Å²) in [5, 5.41) is 15.0. The predicted octanol–water partition coefficient (Wildman–Crippen LogP) is 3.33. The van der Waals surface area contributed by atoms with Crippen molar-refractivity contribution in [1.82, 2.24) is 9.78 Å². The number of hydrogen-bond donors (Lipinski definition) is 1. The Morgan fingerprint density at radius 1 is 1.48 bits per heavy atom. The SMILES string of the molecule is Cc1nn(C)c(COc2ccc3c(c2)[C@H](O)CCC3)c1Cl. The third kappa shape index (κ3) is 2.78. The molecule has 0 radical (unpaired) electrons. The van der Waals surface area contributed by atoms with E-state index < -0.39 is 0 Å². The number of aliphatic hydroxyl groups is 1. The molecule has 3 rings (SSSR count). The summed E-state index contributed by atoms with van der Waals surface area (Å²) in [6.07, 6.45) is 2.51. The lowest BCUT2D eigenvalue weighted by Crippen LogP contribution is -2.10. The van der Waals surface area contributed by atoms with E-state index in [1.807, 2.05) is 32.2 Å². The second-order valence-electron chi connectivity index (χ2n) is 5.53. The summed E-state index contributed by atoms with van der Waals surface area (Å²) < 4.78 is 7.57. The lowest BCUT2D eigenvalue weighted by atomic mass is 9.89. The van der Waals surface area contributed by atoms with Gasteiger partial charge in [0.05, 0.1) is 22.5 Å². The Hall–Kier alpha value is -1.52. The molecule has 0 fully saturated rings. The average molecular weight is 307 g/mol. The van der Waals surface area contributed by atoms with E-state index in [-0.39, 0.29) is 6.10 Å². The molecule has 1 N–H and O–H groups in total. The van der Waals surface area contributed by atoms with Crippen LogP contribution in [0.25, 0.3) is 0 Å². The molecule has 1 aliphatic rings. The van der Waals surface area contributed by atoms with E-state index >= 15 is 0 Å². The highest BCUT2D eigenvalue weighted by molar-refractivity contribution is 6.31. The Balaban J connectivity index is 1.78. The first kappa shape index (κ1) is 14.4. The van der Waals surface area contributed by atoms with Crippen molar-refractivity contribution in [2.24, 2.45) is 7.05 Å². The molecule has 1 atom stereocenters. The highest BCUT2D eigenvalue weighted by Gasteiger charge is 2.19. The normalized spacial score (nSPS) is 17.6. The van der Waals surface area contributed by atoms with Crippen molar-refractivity contribution in [2.75, 3.05) is 0 Å². The molecule has 0 amide bonds. The lowest BCUT2D eigenvalue weighted by Gasteiger charge is -2.22. The van der Waals surface area contributed by atoms with Crippen LogP contribution in [-0.2, 0) is 20.1 Å². The first-order chi connectivity index (χ1) is 10.1. The standard InChI is InChI=1S/C16H19ClN2O2/c1-10-16(17)14(19(2)18-10)9-21-12-7-6-11-4-3-5-15(20)13(11)8-12/h6-8,15,20H,3-5,9H2,1-2H3/t15-/m1/s1. The first-order valence-electron chi connectivity index (χ1n) is 7.18. The lowest BCUT2D eigenvalue weighted by molar-refractivity contribution is 0.156. The fourth-order valence-electron chi connectivity index (χ4n) is 2.83. The number of aliphatic hydroxyl groups excluding tert-OH is 1. The molecule has 21 heavy (non-hydrogen) atoms. The molecule has 1 aromatic carbocycles. The van der Waals surface area contributed by atoms with Crippen LogP contribution in [0.1, 0.15) is 41.5 Å². The zero-order valence-corrected chi connectivity index (χ0v) is 13.0. The summed E-state index contributed by atoms with van der Waals surface area (Å²) in [6.45, 7) is 2.24. The number of nitrogens with zero attached hydrogens (tertiary/aromatic N) is 2. The molecule has 1 aromatic heterocycles. The van der Waals surface area contributed by atoms with Gasteiger partial charge in [-0.2, -0.15) is 5.10 Å². The minimum absolute atomic E-state index is 0.366. The summed E-state index contributed by atoms with van der Waals surface area (Å²) in [4.78, 5) is 0. The van der Waals surface area contributed by atoms with Crippen LogP contribution in [0.5, 0.6) is 5.75 Å². The van der Waals surface area contributed by atoms with Crippen molar-refractivity contribution < 1.29 is 9.84 Å². The van der Waals surface area contributed by atoms with Crippen molar-refractivity contribution in [1.29, 1.82) is 0 Å². The smallest absolute Gasteiger partial charge is 0.131 e. The van der Waals surface area contributed by atoms with Gasteiger partial charge in [0.25, 0.3) is 0 Å². The maximum Gasteiger partial charge on any atom is 0.131 e. The minimum Gasteiger partial charge on any atom is -0.487 e. The molecular weight excluding hydrogens is 288 g/mol. The number of aryl methyl sites for hydroxylation is 3. The molecule has 1 aliphatic carbocycles. The van der Waals surface area contributed by atoms with E-state index in [9.17, 15) is 5.11 Å². The highest BCUT2D eigenvalue weighted by atomic mass is 35.5. The summed E-state index contributed by atoms with van der Waals surface area (Å²) in [7, 11) is 1.86. The van der Waals surface area contributed by atoms with Crippen LogP contribution >= 0.6 is 11.6 Å². The first-order valence-corrected chi connectivity index (χ1v) is 7.55. The van der Waals surface area contributed by atoms with Crippen molar-refractivity contribution in [3.63, 3.8) is 0 Å². The number of rotatable bonds is 3. The van der Waals surface area contributed by atoms with Crippen molar-refractivity contribution >= 4 is 11.6 Å². The summed E-state index contributed by atoms with van der Waals surface area (Å²) in [5.74, 6) is 0.754. The van der Waals surface area contributed by atoms with E-state index in [1.165, 1.54) is 5.56 Å². The quantitative estimate of drug-likeness (QED) is 0.946. The zero-order chi connectivity index (χ0) is 15.0. The number of ether oxygens (including phenoxy) is 1. The van der Waals surface area contributed by atoms with Crippen LogP contribution in [0, 0.1) is 6.92 Å². The van der Waals surface area contributed by atoms with Gasteiger partial charge in [-0.15, -0.1) is 0 Å². The van der Waals surface area contributed by atoms with Gasteiger partial charge in [0.1, 0.15) is 12.4 Å². The number of benzene rings is 1. The summed E-state index contributed by atoms with van der Waals surface area (Å²) in [6, 6.07) is 5.94. The van der Waals surface area contributed by atoms with Gasteiger partial charge in [-0.1, -0.05) is 17.7 Å². The largest absolute Gasteiger partial charge is 0.487 e. The van der Waals surface area contributed by atoms with E-state index in [1.54, 1.807) is 4.68 Å². The van der Waals surface area contributed by atoms with Crippen molar-refractivity contribution in [3.8, 4) is 5.75 Å². The Labute approximate surface area is 129 Å². The Morgan fingerprint density at radius 2 is 2.29 bits per heavy atom. The molecule has 0 unspecified atom stereocenters. The van der Waals surface area contributed by atoms with E-state index in [2.05, 4.69) is 5.10 Å². The average Bonchev–Trinajstić information content (AvgIpc) is 2.71. The number of halogens is 1. The number of fused-ring (bicyclic) bond motifs is 1. The molecule has 0 bridgehead atoms. The summed E-state index contributed by atoms with van der Waals surface area (Å²) in [5.41, 5.74) is 3.87. The Kier molecular flexibility index (Phi) is 3.91. The van der Waals surface area contributed by atoms with Gasteiger partial charge in [-0.05, 0) is 49.4 Å². The van der Waals surface area contributed by atoms with E-state index in [4.69, 9.17) is 16.3 Å². The van der Waals surface area contributed by atoms with Crippen LogP contribution in [-0.4, -0.2) is 14.9 Å². The number of aromatic nitrogens is 2. The molecule has 2 aromatic rings. The predicted molar refractivity (Wildman–Crippen MR) is 81.6 cm³/mol. The van der Waals surface area contributed by atoms with Gasteiger partial charge in [-0.3, -0.25) is 4.68 Å². The second kappa shape index (κ2) is 5.70. The molecule has 5 heteroatoms. The van der Waals surface area contributed by atoms with Crippen LogP contribution in [0.15, 0.2) is 18.2 Å². The summed E-state index contributed by atoms with van der Waals surface area (Å²) >= 11 is 6.22. The van der Waals surface area contributed by atoms with Gasteiger partial charge in [0, 0.05) is 7.05 Å². The molecule has 0 aliphatic heterocycles. The number of hydrogen-bond acceptors (Lipinski definition) is 3. The molecule has 112 valence electrons. The molecular formula is C16H19ClN2O2. The van der Waals surface area contributed by atoms with Gasteiger partial charge in [0.15, 0.2) is 0 Å². The fourth-order valence-corrected chi connectivity index (χ4v) is 3.05. The van der Waals surface area contributed by atoms with Crippen LogP contribution in [0.4, 0.5) is 0 Å². The molecule has 0 saturated heterocycles. The fraction of sp³-hybridized carbons (Fsp3) is 0.438. The van der Waals surface area contributed by atoms with E-state index in [0.717, 1.165) is 42.0 Å². The topological polar surface area (TPSA) is 47.3 Å². The maximum atomic E-state index is 10.1. The van der Waals surface area contributed by atoms with Crippen LogP contribution in [0.3, 0.4) is 0 Å². The molecule has 0 spiro atoms. The van der Waals surface area contributed by atoms with Crippen LogP contribution < -0.4 is 4.74 Å². The van der Waals surface area contributed by atoms with Gasteiger partial charge in [0.2, 0.25) is 0 Å². The zero-order valence-electron chi connectivity index (χ0n) is 12.3. The highest BCUT2D eigenvalue weighted by Crippen LogP contribution is 2.32. The van der Waals surface area contributed by atoms with E-state index in [0.29, 0.717) is 11.6 Å². The Bertz CT molecular complexity index is 667. The molecule has 4 nitrogen and oxygen atoms in total. The van der Waals surface area contributed by atoms with Gasteiger partial charge in [-0.25, -0.2) is 0 Å². The minimum atomic E-state index is -0.375. The maximum absolute atomic E-state index is 10.1. The third-order valence-corrected chi connectivity index (χ3v) is 4.53. The monoisotopic (exact) mass is 306 g/mol. The van der Waals surface area contributed by atoms with Crippen LogP contribution in [0.2, 0.25) is 5.02 Å². The van der Waals surface area contributed by atoms with Crippen molar-refractivity contribution in [2.45, 2.75) is 38.9 Å².